The van der Waals surface area contributed by atoms with Crippen LogP contribution in [0.5, 0.6) is 0 Å². The van der Waals surface area contributed by atoms with Crippen LogP contribution in [0.1, 0.15) is 19.3 Å². The van der Waals surface area contributed by atoms with Crippen LogP contribution in [0.4, 0.5) is 0 Å². The lowest BCUT2D eigenvalue weighted by molar-refractivity contribution is 0.295. The first-order valence-electron chi connectivity index (χ1n) is 3.75. The molecular formula is C8H14N2. The van der Waals surface area contributed by atoms with Gasteiger partial charge in [0.1, 0.15) is 0 Å². The molecule has 2 nitrogen and oxygen atoms in total. The molecule has 56 valence electrons. The van der Waals surface area contributed by atoms with E-state index in [0.29, 0.717) is 12.1 Å². The Balaban J connectivity index is 1.91. The molecule has 0 aromatic rings. The van der Waals surface area contributed by atoms with E-state index in [1.165, 1.54) is 0 Å². The summed E-state index contributed by atoms with van der Waals surface area (Å²) >= 11 is 0. The first-order valence-corrected chi connectivity index (χ1v) is 3.75. The molecular weight excluding hydrogens is 124 g/mol. The first kappa shape index (κ1) is 7.59. The van der Waals surface area contributed by atoms with E-state index in [1.54, 1.807) is 0 Å². The molecule has 0 aliphatic heterocycles. The van der Waals surface area contributed by atoms with Crippen molar-refractivity contribution in [3.05, 3.63) is 0 Å². The van der Waals surface area contributed by atoms with Crippen molar-refractivity contribution < 1.29 is 0 Å². The molecule has 0 heterocycles. The quantitative estimate of drug-likeness (QED) is 0.428. The van der Waals surface area contributed by atoms with Crippen LogP contribution in [-0.2, 0) is 0 Å². The van der Waals surface area contributed by atoms with Gasteiger partial charge in [0.15, 0.2) is 0 Å². The van der Waals surface area contributed by atoms with Crippen LogP contribution >= 0.6 is 0 Å². The second kappa shape index (κ2) is 3.60. The lowest BCUT2D eigenvalue weighted by Crippen LogP contribution is -2.48. The van der Waals surface area contributed by atoms with Gasteiger partial charge in [0.25, 0.3) is 0 Å². The summed E-state index contributed by atoms with van der Waals surface area (Å²) in [5.41, 5.74) is 5.59. The van der Waals surface area contributed by atoms with Gasteiger partial charge in [-0.2, -0.15) is 0 Å². The highest BCUT2D eigenvalue weighted by Crippen LogP contribution is 2.16. The Labute approximate surface area is 62.2 Å². The number of hydrogen-bond acceptors (Lipinski definition) is 2. The van der Waals surface area contributed by atoms with Crippen molar-refractivity contribution in [2.45, 2.75) is 31.3 Å². The summed E-state index contributed by atoms with van der Waals surface area (Å²) in [4.78, 5) is 0. The lowest BCUT2D eigenvalue weighted by atomic mass is 9.88. The highest BCUT2D eigenvalue weighted by Gasteiger charge is 2.24. The van der Waals surface area contributed by atoms with E-state index in [4.69, 9.17) is 12.2 Å². The highest BCUT2D eigenvalue weighted by atomic mass is 14.9. The van der Waals surface area contributed by atoms with Crippen LogP contribution in [0.3, 0.4) is 0 Å². The van der Waals surface area contributed by atoms with Crippen LogP contribution in [-0.4, -0.2) is 18.6 Å². The maximum Gasteiger partial charge on any atom is 0.0211 e. The van der Waals surface area contributed by atoms with Gasteiger partial charge in [0.05, 0.1) is 0 Å². The maximum absolute atomic E-state index is 5.59. The minimum atomic E-state index is 0.434. The fourth-order valence-corrected chi connectivity index (χ4v) is 1.18. The fraction of sp³-hybridized carbons (Fsp3) is 0.750. The number of rotatable bonds is 3. The molecule has 0 aromatic carbocycles. The monoisotopic (exact) mass is 138 g/mol. The molecule has 0 unspecified atom stereocenters. The zero-order chi connectivity index (χ0) is 7.40. The van der Waals surface area contributed by atoms with Crippen molar-refractivity contribution in [3.63, 3.8) is 0 Å². The summed E-state index contributed by atoms with van der Waals surface area (Å²) in [6, 6.07) is 1.08. The van der Waals surface area contributed by atoms with E-state index in [0.717, 1.165) is 25.8 Å². The zero-order valence-corrected chi connectivity index (χ0v) is 6.14. The molecule has 0 spiro atoms. The molecule has 0 saturated heterocycles. The number of hydrogen-bond donors (Lipinski definition) is 2. The van der Waals surface area contributed by atoms with Gasteiger partial charge in [-0.15, -0.1) is 12.3 Å². The topological polar surface area (TPSA) is 38.0 Å². The standard InChI is InChI=1S/C8H14N2/c1-2-3-4-10-8-5-7(9)6-8/h1,7-8,10H,3-6,9H2. The lowest BCUT2D eigenvalue weighted by Gasteiger charge is -2.32. The van der Waals surface area contributed by atoms with Crippen LogP contribution in [0.25, 0.3) is 0 Å². The minimum absolute atomic E-state index is 0.434. The molecule has 0 atom stereocenters. The molecule has 3 N–H and O–H groups in total. The van der Waals surface area contributed by atoms with Crippen molar-refractivity contribution in [1.82, 2.24) is 5.32 Å². The normalized spacial score (nSPS) is 30.8. The average Bonchev–Trinajstić information content (AvgIpc) is 1.85. The van der Waals surface area contributed by atoms with Crippen molar-refractivity contribution >= 4 is 0 Å². The molecule has 0 amide bonds. The van der Waals surface area contributed by atoms with Crippen LogP contribution in [0, 0.1) is 12.3 Å². The predicted molar refractivity (Wildman–Crippen MR) is 42.5 cm³/mol. The highest BCUT2D eigenvalue weighted by molar-refractivity contribution is 4.90. The van der Waals surface area contributed by atoms with E-state index in [1.807, 2.05) is 0 Å². The van der Waals surface area contributed by atoms with Crippen LogP contribution < -0.4 is 11.1 Å². The Morgan fingerprint density at radius 2 is 2.30 bits per heavy atom. The summed E-state index contributed by atoms with van der Waals surface area (Å²) in [5.74, 6) is 2.59. The molecule has 1 rings (SSSR count). The van der Waals surface area contributed by atoms with Gasteiger partial charge in [-0.05, 0) is 12.8 Å². The van der Waals surface area contributed by atoms with Gasteiger partial charge in [-0.25, -0.2) is 0 Å². The van der Waals surface area contributed by atoms with E-state index < -0.39 is 0 Å². The number of nitrogens with two attached hydrogens (primary N) is 1. The van der Waals surface area contributed by atoms with Gasteiger partial charge < -0.3 is 11.1 Å². The Morgan fingerprint density at radius 1 is 1.60 bits per heavy atom. The third kappa shape index (κ3) is 2.02. The van der Waals surface area contributed by atoms with Gasteiger partial charge in [-0.1, -0.05) is 0 Å². The SMILES string of the molecule is C#CCCNC1CC(N)C1. The minimum Gasteiger partial charge on any atom is -0.328 e. The molecule has 2 heteroatoms. The molecule has 1 saturated carbocycles. The summed E-state index contributed by atoms with van der Waals surface area (Å²) in [6.07, 6.45) is 8.14. The van der Waals surface area contributed by atoms with Crippen molar-refractivity contribution in [3.8, 4) is 12.3 Å². The van der Waals surface area contributed by atoms with Crippen LogP contribution in [0.15, 0.2) is 0 Å². The summed E-state index contributed by atoms with van der Waals surface area (Å²) in [5, 5.41) is 3.33. The Hall–Kier alpha value is -0.520. The fourth-order valence-electron chi connectivity index (χ4n) is 1.18. The number of nitrogens with one attached hydrogen (secondary N) is 1. The zero-order valence-electron chi connectivity index (χ0n) is 6.14. The Morgan fingerprint density at radius 3 is 2.80 bits per heavy atom. The number of terminal acetylenes is 1. The molecule has 1 aliphatic carbocycles. The Kier molecular flexibility index (Phi) is 2.73. The molecule has 0 aromatic heterocycles. The third-order valence-electron chi connectivity index (χ3n) is 1.88. The van der Waals surface area contributed by atoms with E-state index in [2.05, 4.69) is 11.2 Å². The third-order valence-corrected chi connectivity index (χ3v) is 1.88. The maximum atomic E-state index is 5.59. The Bertz CT molecular complexity index is 131. The van der Waals surface area contributed by atoms with Crippen LogP contribution in [0.2, 0.25) is 0 Å². The van der Waals surface area contributed by atoms with E-state index in [-0.39, 0.29) is 0 Å². The molecule has 0 radical (unpaired) electrons. The van der Waals surface area contributed by atoms with Gasteiger partial charge in [-0.3, -0.25) is 0 Å². The van der Waals surface area contributed by atoms with Crippen molar-refractivity contribution in [2.75, 3.05) is 6.54 Å². The summed E-state index contributed by atoms with van der Waals surface area (Å²) in [6.45, 7) is 0.938. The predicted octanol–water partition coefficient (Wildman–Crippen LogP) is 0.0890. The molecule has 10 heavy (non-hydrogen) atoms. The molecule has 1 fully saturated rings. The average molecular weight is 138 g/mol. The van der Waals surface area contributed by atoms with Crippen molar-refractivity contribution in [1.29, 1.82) is 0 Å². The first-order chi connectivity index (χ1) is 4.83. The van der Waals surface area contributed by atoms with Crippen molar-refractivity contribution in [2.24, 2.45) is 5.73 Å². The largest absolute Gasteiger partial charge is 0.328 e. The van der Waals surface area contributed by atoms with Gasteiger partial charge >= 0.3 is 0 Å². The van der Waals surface area contributed by atoms with Gasteiger partial charge in [0.2, 0.25) is 0 Å². The second-order valence-electron chi connectivity index (χ2n) is 2.84. The summed E-state index contributed by atoms with van der Waals surface area (Å²) < 4.78 is 0. The molecule has 1 aliphatic rings. The molecule has 0 bridgehead atoms. The smallest absolute Gasteiger partial charge is 0.0211 e. The van der Waals surface area contributed by atoms with E-state index >= 15 is 0 Å². The van der Waals surface area contributed by atoms with Gasteiger partial charge in [0, 0.05) is 25.0 Å². The second-order valence-corrected chi connectivity index (χ2v) is 2.84. The van der Waals surface area contributed by atoms with E-state index in [9.17, 15) is 0 Å². The summed E-state index contributed by atoms with van der Waals surface area (Å²) in [7, 11) is 0.